The molecule has 3 rings (SSSR count). The summed E-state index contributed by atoms with van der Waals surface area (Å²) in [5.41, 5.74) is 2.25. The van der Waals surface area contributed by atoms with Crippen LogP contribution in [0.25, 0.3) is 0 Å². The van der Waals surface area contributed by atoms with E-state index in [1.807, 2.05) is 20.8 Å². The molecule has 0 spiro atoms. The number of hydrogen-bond donors (Lipinski definition) is 2. The van der Waals surface area contributed by atoms with Crippen molar-refractivity contribution in [1.29, 1.82) is 0 Å². The number of aryl methyl sites for hydroxylation is 1. The van der Waals surface area contributed by atoms with Crippen LogP contribution in [0.4, 0.5) is 4.79 Å². The Morgan fingerprint density at radius 1 is 1.12 bits per heavy atom. The molecule has 2 N–H and O–H groups in total. The first-order chi connectivity index (χ1) is 15.1. The minimum Gasteiger partial charge on any atom is -0.444 e. The van der Waals surface area contributed by atoms with Crippen molar-refractivity contribution in [3.05, 3.63) is 35.4 Å². The zero-order valence-corrected chi connectivity index (χ0v) is 20.0. The lowest BCUT2D eigenvalue weighted by Crippen LogP contribution is -2.50. The Kier molecular flexibility index (Phi) is 7.64. The molecule has 1 saturated heterocycles. The van der Waals surface area contributed by atoms with Gasteiger partial charge >= 0.3 is 6.09 Å². The average molecular weight is 444 g/mol. The number of ether oxygens (including phenoxy) is 1. The van der Waals surface area contributed by atoms with Crippen LogP contribution in [0, 0.1) is 0 Å². The predicted molar refractivity (Wildman–Crippen MR) is 126 cm³/mol. The van der Waals surface area contributed by atoms with Gasteiger partial charge in [-0.2, -0.15) is 0 Å². The number of amides is 2. The fourth-order valence-corrected chi connectivity index (χ4v) is 4.00. The Balaban J connectivity index is 1.63. The van der Waals surface area contributed by atoms with Crippen molar-refractivity contribution >= 4 is 18.0 Å². The molecule has 1 aromatic rings. The third-order valence-corrected chi connectivity index (χ3v) is 5.74. The highest BCUT2D eigenvalue weighted by Crippen LogP contribution is 2.21. The number of fused-ring (bicyclic) bond motifs is 1. The maximum absolute atomic E-state index is 12.4. The van der Waals surface area contributed by atoms with E-state index in [2.05, 4.69) is 39.9 Å². The van der Waals surface area contributed by atoms with E-state index >= 15 is 0 Å². The fourth-order valence-electron chi connectivity index (χ4n) is 4.00. The number of nitrogens with zero attached hydrogens (tertiary/aromatic N) is 3. The van der Waals surface area contributed by atoms with Gasteiger partial charge in [-0.05, 0) is 57.6 Å². The second kappa shape index (κ2) is 10.2. The molecule has 2 unspecified atom stereocenters. The number of nitrogens with one attached hydrogen (secondary N) is 2. The van der Waals surface area contributed by atoms with Gasteiger partial charge in [0.1, 0.15) is 12.1 Å². The summed E-state index contributed by atoms with van der Waals surface area (Å²) in [5, 5.41) is 6.98. The Bertz CT molecular complexity index is 846. The molecule has 1 heterocycles. The van der Waals surface area contributed by atoms with Gasteiger partial charge in [-0.3, -0.25) is 4.79 Å². The molecule has 2 aliphatic rings. The van der Waals surface area contributed by atoms with Gasteiger partial charge in [0.15, 0.2) is 5.96 Å². The van der Waals surface area contributed by atoms with Gasteiger partial charge in [0.2, 0.25) is 5.91 Å². The Morgan fingerprint density at radius 3 is 2.50 bits per heavy atom. The summed E-state index contributed by atoms with van der Waals surface area (Å²) in [6.07, 6.45) is 3.46. The van der Waals surface area contributed by atoms with E-state index in [-0.39, 0.29) is 30.6 Å². The Labute approximate surface area is 191 Å². The molecule has 32 heavy (non-hydrogen) atoms. The zero-order chi connectivity index (χ0) is 23.3. The lowest BCUT2D eigenvalue weighted by molar-refractivity contribution is -0.127. The third kappa shape index (κ3) is 6.87. The second-order valence-electron chi connectivity index (χ2n) is 9.86. The lowest BCUT2D eigenvalue weighted by Gasteiger charge is -2.28. The molecule has 1 aliphatic heterocycles. The first-order valence-electron chi connectivity index (χ1n) is 11.4. The largest absolute Gasteiger partial charge is 0.444 e. The van der Waals surface area contributed by atoms with Crippen LogP contribution in [0.1, 0.15) is 44.7 Å². The number of hydrogen-bond acceptors (Lipinski definition) is 4. The minimum absolute atomic E-state index is 0.0538. The number of likely N-dealkylation sites (N-methyl/N-ethyl adjacent to an activating group) is 1. The van der Waals surface area contributed by atoms with Crippen molar-refractivity contribution in [2.45, 2.75) is 64.1 Å². The highest BCUT2D eigenvalue weighted by Gasteiger charge is 2.30. The van der Waals surface area contributed by atoms with Gasteiger partial charge in [-0.25, -0.2) is 9.79 Å². The molecule has 8 heteroatoms. The molecular formula is C24H37N5O3. The van der Waals surface area contributed by atoms with Crippen molar-refractivity contribution in [2.75, 3.05) is 33.7 Å². The summed E-state index contributed by atoms with van der Waals surface area (Å²) in [6, 6.07) is 8.84. The van der Waals surface area contributed by atoms with Crippen LogP contribution in [0.3, 0.4) is 0 Å². The second-order valence-corrected chi connectivity index (χ2v) is 9.86. The molecule has 176 valence electrons. The van der Waals surface area contributed by atoms with E-state index in [1.165, 1.54) is 16.0 Å². The summed E-state index contributed by atoms with van der Waals surface area (Å²) >= 11 is 0. The highest BCUT2D eigenvalue weighted by molar-refractivity contribution is 5.85. The summed E-state index contributed by atoms with van der Waals surface area (Å²) in [4.78, 5) is 32.3. The van der Waals surface area contributed by atoms with Crippen molar-refractivity contribution in [1.82, 2.24) is 20.4 Å². The molecule has 1 aromatic carbocycles. The number of benzene rings is 1. The molecule has 2 atom stereocenters. The SMILES string of the molecule is CN(C)C(=O)CN=C(NC1CCc2ccccc2C1)NC1CCN(C(=O)OC(C)(C)C)C1. The predicted octanol–water partition coefficient (Wildman–Crippen LogP) is 2.18. The number of likely N-dealkylation sites (tertiary alicyclic amines) is 1. The van der Waals surface area contributed by atoms with E-state index in [0.29, 0.717) is 19.0 Å². The van der Waals surface area contributed by atoms with Crippen molar-refractivity contribution in [3.63, 3.8) is 0 Å². The Hall–Kier alpha value is -2.77. The molecular weight excluding hydrogens is 406 g/mol. The summed E-state index contributed by atoms with van der Waals surface area (Å²) in [6.45, 7) is 6.87. The number of aliphatic imine (C=N–C) groups is 1. The van der Waals surface area contributed by atoms with Gasteiger partial charge in [-0.1, -0.05) is 24.3 Å². The van der Waals surface area contributed by atoms with E-state index in [9.17, 15) is 9.59 Å². The van der Waals surface area contributed by atoms with Crippen molar-refractivity contribution in [3.8, 4) is 0 Å². The first-order valence-corrected chi connectivity index (χ1v) is 11.4. The van der Waals surface area contributed by atoms with E-state index in [1.54, 1.807) is 19.0 Å². The van der Waals surface area contributed by atoms with Crippen LogP contribution in [0.2, 0.25) is 0 Å². The fraction of sp³-hybridized carbons (Fsp3) is 0.625. The topological polar surface area (TPSA) is 86.3 Å². The van der Waals surface area contributed by atoms with Crippen molar-refractivity contribution in [2.24, 2.45) is 4.99 Å². The molecule has 0 radical (unpaired) electrons. The molecule has 1 fully saturated rings. The van der Waals surface area contributed by atoms with Crippen LogP contribution >= 0.6 is 0 Å². The quantitative estimate of drug-likeness (QED) is 0.550. The molecule has 1 aliphatic carbocycles. The molecule has 8 nitrogen and oxygen atoms in total. The first kappa shape index (κ1) is 23.9. The summed E-state index contributed by atoms with van der Waals surface area (Å²) in [5.74, 6) is 0.572. The minimum atomic E-state index is -0.513. The van der Waals surface area contributed by atoms with E-state index < -0.39 is 5.60 Å². The highest BCUT2D eigenvalue weighted by atomic mass is 16.6. The molecule has 0 bridgehead atoms. The number of guanidine groups is 1. The van der Waals surface area contributed by atoms with Crippen LogP contribution < -0.4 is 10.6 Å². The maximum atomic E-state index is 12.4. The smallest absolute Gasteiger partial charge is 0.410 e. The van der Waals surface area contributed by atoms with Gasteiger partial charge in [0.05, 0.1) is 0 Å². The van der Waals surface area contributed by atoms with Gasteiger partial charge < -0.3 is 25.2 Å². The van der Waals surface area contributed by atoms with Crippen LogP contribution in [-0.2, 0) is 22.4 Å². The standard InChI is InChI=1S/C24H37N5O3/c1-24(2,3)32-23(31)29-13-12-20(16-29)27-22(25-15-21(30)28(4)5)26-19-11-10-17-8-6-7-9-18(17)14-19/h6-9,19-20H,10-16H2,1-5H3,(H2,25,26,27). The maximum Gasteiger partial charge on any atom is 0.410 e. The lowest BCUT2D eigenvalue weighted by atomic mass is 9.88. The average Bonchev–Trinajstić information content (AvgIpc) is 3.19. The van der Waals surface area contributed by atoms with E-state index in [0.717, 1.165) is 25.7 Å². The van der Waals surface area contributed by atoms with Gasteiger partial charge in [0, 0.05) is 39.3 Å². The number of carbonyl (C=O) groups excluding carboxylic acids is 2. The number of rotatable bonds is 4. The van der Waals surface area contributed by atoms with Gasteiger partial charge in [0.25, 0.3) is 0 Å². The molecule has 2 amide bonds. The molecule has 0 saturated carbocycles. The normalized spacial score (nSPS) is 21.0. The number of carbonyl (C=O) groups is 2. The van der Waals surface area contributed by atoms with Crippen LogP contribution in [-0.4, -0.2) is 79.2 Å². The van der Waals surface area contributed by atoms with Crippen LogP contribution in [0.5, 0.6) is 0 Å². The monoisotopic (exact) mass is 443 g/mol. The Morgan fingerprint density at radius 2 is 1.81 bits per heavy atom. The van der Waals surface area contributed by atoms with Crippen LogP contribution in [0.15, 0.2) is 29.3 Å². The summed E-state index contributed by atoms with van der Waals surface area (Å²) in [7, 11) is 3.46. The summed E-state index contributed by atoms with van der Waals surface area (Å²) < 4.78 is 5.50. The van der Waals surface area contributed by atoms with Crippen molar-refractivity contribution < 1.29 is 14.3 Å². The van der Waals surface area contributed by atoms with E-state index in [4.69, 9.17) is 4.74 Å². The van der Waals surface area contributed by atoms with Gasteiger partial charge in [-0.15, -0.1) is 0 Å². The molecule has 0 aromatic heterocycles. The zero-order valence-electron chi connectivity index (χ0n) is 20.0. The third-order valence-electron chi connectivity index (χ3n) is 5.74.